The summed E-state index contributed by atoms with van der Waals surface area (Å²) in [5.74, 6) is 3.68. The van der Waals surface area contributed by atoms with Gasteiger partial charge in [0.25, 0.3) is 0 Å². The Hall–Kier alpha value is -2.54. The van der Waals surface area contributed by atoms with Gasteiger partial charge in [-0.3, -0.25) is 0 Å². The number of nitrogens with zero attached hydrogens (tertiary/aromatic N) is 2. The highest BCUT2D eigenvalue weighted by Gasteiger charge is 2.02. The number of aryl methyl sites for hydroxylation is 1. The Morgan fingerprint density at radius 1 is 1.35 bits per heavy atom. The summed E-state index contributed by atoms with van der Waals surface area (Å²) in [7, 11) is 0. The third-order valence-corrected chi connectivity index (χ3v) is 2.58. The molecule has 4 nitrogen and oxygen atoms in total. The number of anilines is 2. The quantitative estimate of drug-likeness (QED) is 0.844. The molecule has 20 heavy (non-hydrogen) atoms. The minimum absolute atomic E-state index is 0.493. The van der Waals surface area contributed by atoms with Gasteiger partial charge < -0.3 is 10.1 Å². The van der Waals surface area contributed by atoms with Crippen molar-refractivity contribution >= 4 is 11.6 Å². The maximum absolute atomic E-state index is 5.48. The van der Waals surface area contributed by atoms with Crippen molar-refractivity contribution in [2.45, 2.75) is 20.3 Å². The van der Waals surface area contributed by atoms with Crippen molar-refractivity contribution in [3.63, 3.8) is 0 Å². The molecule has 0 atom stereocenters. The Bertz CT molecular complexity index is 632. The molecule has 1 heterocycles. The fraction of sp³-hybridized carbons (Fsp3) is 0.250. The van der Waals surface area contributed by atoms with Crippen LogP contribution in [0, 0.1) is 19.3 Å². The van der Waals surface area contributed by atoms with Gasteiger partial charge in [0.15, 0.2) is 0 Å². The molecule has 0 unspecified atom stereocenters. The lowest BCUT2D eigenvalue weighted by atomic mass is 10.1. The van der Waals surface area contributed by atoms with Crippen molar-refractivity contribution in [3.05, 3.63) is 41.6 Å². The van der Waals surface area contributed by atoms with Crippen molar-refractivity contribution in [2.75, 3.05) is 11.9 Å². The first-order valence-corrected chi connectivity index (χ1v) is 6.52. The summed E-state index contributed by atoms with van der Waals surface area (Å²) in [6.07, 6.45) is 8.04. The van der Waals surface area contributed by atoms with Gasteiger partial charge in [-0.15, -0.1) is 6.42 Å². The van der Waals surface area contributed by atoms with E-state index in [1.165, 1.54) is 0 Å². The molecular weight excluding hydrogens is 250 g/mol. The molecule has 4 heteroatoms. The molecule has 0 saturated heterocycles. The molecule has 0 aliphatic rings. The van der Waals surface area contributed by atoms with Crippen LogP contribution in [0.2, 0.25) is 0 Å². The standard InChI is InChI=1S/C16H17N3O/c1-4-8-20-15-6-7-17-16(19-15)18-14-10-12(3)9-13(5-2)11-14/h2,6-7,9-11H,4,8H2,1,3H3,(H,17,18,19). The molecule has 1 aromatic heterocycles. The van der Waals surface area contributed by atoms with E-state index in [0.717, 1.165) is 23.2 Å². The summed E-state index contributed by atoms with van der Waals surface area (Å²) in [4.78, 5) is 8.47. The minimum atomic E-state index is 0.493. The summed E-state index contributed by atoms with van der Waals surface area (Å²) in [6, 6.07) is 7.57. The summed E-state index contributed by atoms with van der Waals surface area (Å²) >= 11 is 0. The predicted octanol–water partition coefficient (Wildman–Crippen LogP) is 3.30. The lowest BCUT2D eigenvalue weighted by molar-refractivity contribution is 0.305. The number of ether oxygens (including phenoxy) is 1. The highest BCUT2D eigenvalue weighted by molar-refractivity contribution is 5.58. The third kappa shape index (κ3) is 3.72. The van der Waals surface area contributed by atoms with Gasteiger partial charge in [-0.05, 0) is 37.1 Å². The first-order chi connectivity index (χ1) is 9.71. The molecule has 2 aromatic rings. The number of benzene rings is 1. The van der Waals surface area contributed by atoms with Gasteiger partial charge in [-0.1, -0.05) is 12.8 Å². The lowest BCUT2D eigenvalue weighted by Gasteiger charge is -2.08. The Kier molecular flexibility index (Phi) is 4.56. The van der Waals surface area contributed by atoms with Gasteiger partial charge in [-0.25, -0.2) is 4.98 Å². The minimum Gasteiger partial charge on any atom is -0.478 e. The molecule has 0 radical (unpaired) electrons. The normalized spacial score (nSPS) is 9.85. The van der Waals surface area contributed by atoms with Crippen LogP contribution < -0.4 is 10.1 Å². The van der Waals surface area contributed by atoms with Crippen LogP contribution in [0.1, 0.15) is 24.5 Å². The van der Waals surface area contributed by atoms with E-state index in [1.807, 2.05) is 25.1 Å². The van der Waals surface area contributed by atoms with Gasteiger partial charge in [0.05, 0.1) is 6.61 Å². The van der Waals surface area contributed by atoms with Crippen LogP contribution >= 0.6 is 0 Å². The highest BCUT2D eigenvalue weighted by Crippen LogP contribution is 2.18. The van der Waals surface area contributed by atoms with Crippen LogP contribution in [-0.4, -0.2) is 16.6 Å². The maximum Gasteiger partial charge on any atom is 0.230 e. The molecule has 0 bridgehead atoms. The smallest absolute Gasteiger partial charge is 0.230 e. The zero-order valence-corrected chi connectivity index (χ0v) is 11.7. The molecular formula is C16H17N3O. The summed E-state index contributed by atoms with van der Waals surface area (Å²) in [5, 5.41) is 3.14. The van der Waals surface area contributed by atoms with Crippen molar-refractivity contribution < 1.29 is 4.74 Å². The second-order valence-electron chi connectivity index (χ2n) is 4.42. The van der Waals surface area contributed by atoms with E-state index in [4.69, 9.17) is 11.2 Å². The van der Waals surface area contributed by atoms with E-state index in [1.54, 1.807) is 12.3 Å². The van der Waals surface area contributed by atoms with Crippen LogP contribution in [0.4, 0.5) is 11.6 Å². The molecule has 0 spiro atoms. The summed E-state index contributed by atoms with van der Waals surface area (Å²) in [5.41, 5.74) is 2.78. The van der Waals surface area contributed by atoms with Gasteiger partial charge in [0.1, 0.15) is 0 Å². The fourth-order valence-corrected chi connectivity index (χ4v) is 1.76. The fourth-order valence-electron chi connectivity index (χ4n) is 1.76. The van der Waals surface area contributed by atoms with E-state index >= 15 is 0 Å². The lowest BCUT2D eigenvalue weighted by Crippen LogP contribution is -2.01. The van der Waals surface area contributed by atoms with Crippen molar-refractivity contribution in [1.29, 1.82) is 0 Å². The molecule has 1 aromatic carbocycles. The largest absolute Gasteiger partial charge is 0.478 e. The van der Waals surface area contributed by atoms with Crippen LogP contribution in [0.3, 0.4) is 0 Å². The second-order valence-corrected chi connectivity index (χ2v) is 4.42. The van der Waals surface area contributed by atoms with E-state index in [-0.39, 0.29) is 0 Å². The van der Waals surface area contributed by atoms with E-state index in [2.05, 4.69) is 28.1 Å². The summed E-state index contributed by atoms with van der Waals surface area (Å²) < 4.78 is 5.48. The number of hydrogen-bond donors (Lipinski definition) is 1. The molecule has 0 saturated carbocycles. The molecule has 0 aliphatic carbocycles. The van der Waals surface area contributed by atoms with E-state index in [9.17, 15) is 0 Å². The van der Waals surface area contributed by atoms with Gasteiger partial charge >= 0.3 is 0 Å². The number of rotatable bonds is 5. The average molecular weight is 267 g/mol. The molecule has 1 N–H and O–H groups in total. The van der Waals surface area contributed by atoms with Crippen molar-refractivity contribution in [1.82, 2.24) is 9.97 Å². The molecule has 2 rings (SSSR count). The molecule has 0 amide bonds. The number of nitrogens with one attached hydrogen (secondary N) is 1. The maximum atomic E-state index is 5.48. The molecule has 102 valence electrons. The number of terminal acetylenes is 1. The Balaban J connectivity index is 2.17. The van der Waals surface area contributed by atoms with Crippen LogP contribution in [0.5, 0.6) is 5.88 Å². The first-order valence-electron chi connectivity index (χ1n) is 6.52. The predicted molar refractivity (Wildman–Crippen MR) is 80.2 cm³/mol. The third-order valence-electron chi connectivity index (χ3n) is 2.58. The van der Waals surface area contributed by atoms with Crippen molar-refractivity contribution in [2.24, 2.45) is 0 Å². The van der Waals surface area contributed by atoms with Gasteiger partial charge in [-0.2, -0.15) is 4.98 Å². The Morgan fingerprint density at radius 2 is 2.20 bits per heavy atom. The van der Waals surface area contributed by atoms with E-state index in [0.29, 0.717) is 18.4 Å². The molecule has 0 aliphatic heterocycles. The SMILES string of the molecule is C#Cc1cc(C)cc(Nc2nccc(OCCC)n2)c1. The highest BCUT2D eigenvalue weighted by atomic mass is 16.5. The number of aromatic nitrogens is 2. The monoisotopic (exact) mass is 267 g/mol. The first kappa shape index (κ1) is 13.9. The topological polar surface area (TPSA) is 47.0 Å². The van der Waals surface area contributed by atoms with Crippen LogP contribution in [0.15, 0.2) is 30.5 Å². The zero-order valence-electron chi connectivity index (χ0n) is 11.7. The molecule has 0 fully saturated rings. The second kappa shape index (κ2) is 6.58. The Labute approximate surface area is 119 Å². The van der Waals surface area contributed by atoms with Crippen LogP contribution in [-0.2, 0) is 0 Å². The Morgan fingerprint density at radius 3 is 2.95 bits per heavy atom. The number of hydrogen-bond acceptors (Lipinski definition) is 4. The van der Waals surface area contributed by atoms with Crippen LogP contribution in [0.25, 0.3) is 0 Å². The zero-order chi connectivity index (χ0) is 14.4. The van der Waals surface area contributed by atoms with E-state index < -0.39 is 0 Å². The average Bonchev–Trinajstić information content (AvgIpc) is 2.45. The summed E-state index contributed by atoms with van der Waals surface area (Å²) in [6.45, 7) is 4.68. The van der Waals surface area contributed by atoms with Crippen molar-refractivity contribution in [3.8, 4) is 18.2 Å². The van der Waals surface area contributed by atoms with Gasteiger partial charge in [0.2, 0.25) is 11.8 Å². The van der Waals surface area contributed by atoms with Gasteiger partial charge in [0, 0.05) is 23.5 Å².